The fraction of sp³-hybridized carbons (Fsp3) is 0.417. The van der Waals surface area contributed by atoms with Gasteiger partial charge in [0.05, 0.1) is 16.7 Å². The van der Waals surface area contributed by atoms with Gasteiger partial charge in [-0.05, 0) is 19.4 Å². The maximum Gasteiger partial charge on any atom is 0.283 e. The molecule has 0 aliphatic carbocycles. The molecule has 2 unspecified atom stereocenters. The van der Waals surface area contributed by atoms with E-state index in [2.05, 4.69) is 4.40 Å². The highest BCUT2D eigenvalue weighted by molar-refractivity contribution is 7.90. The van der Waals surface area contributed by atoms with E-state index in [9.17, 15) is 13.5 Å². The molecule has 0 fully saturated rings. The molecule has 0 radical (unpaired) electrons. The van der Waals surface area contributed by atoms with Crippen LogP contribution in [0.2, 0.25) is 0 Å². The van der Waals surface area contributed by atoms with Gasteiger partial charge in [0, 0.05) is 11.5 Å². The highest BCUT2D eigenvalue weighted by Gasteiger charge is 2.33. The summed E-state index contributed by atoms with van der Waals surface area (Å²) in [7, 11) is -3.57. The van der Waals surface area contributed by atoms with E-state index in [1.165, 1.54) is 0 Å². The zero-order valence-corrected chi connectivity index (χ0v) is 10.6. The summed E-state index contributed by atoms with van der Waals surface area (Å²) in [6.45, 7) is 3.57. The smallest absolute Gasteiger partial charge is 0.283 e. The molecular formula is C12H15NO3S. The second kappa shape index (κ2) is 4.23. The van der Waals surface area contributed by atoms with Crippen molar-refractivity contribution in [1.82, 2.24) is 0 Å². The zero-order chi connectivity index (χ0) is 12.6. The van der Waals surface area contributed by atoms with Crippen LogP contribution in [0, 0.1) is 5.92 Å². The van der Waals surface area contributed by atoms with Crippen LogP contribution in [-0.4, -0.2) is 25.3 Å². The Morgan fingerprint density at radius 2 is 2.00 bits per heavy atom. The third-order valence-corrected chi connectivity index (χ3v) is 4.38. The third kappa shape index (κ3) is 2.00. The van der Waals surface area contributed by atoms with Crippen LogP contribution in [0.4, 0.5) is 0 Å². The Balaban J connectivity index is 2.59. The van der Waals surface area contributed by atoms with Gasteiger partial charge in [-0.15, -0.1) is 0 Å². The van der Waals surface area contributed by atoms with E-state index in [4.69, 9.17) is 0 Å². The van der Waals surface area contributed by atoms with Crippen LogP contribution in [0.3, 0.4) is 0 Å². The molecule has 0 aromatic heterocycles. The Bertz CT molecular complexity index is 561. The van der Waals surface area contributed by atoms with E-state index < -0.39 is 16.1 Å². The molecule has 17 heavy (non-hydrogen) atoms. The molecule has 2 rings (SSSR count). The number of hydrogen-bond acceptors (Lipinski definition) is 3. The van der Waals surface area contributed by atoms with Crippen molar-refractivity contribution in [3.05, 3.63) is 29.8 Å². The van der Waals surface area contributed by atoms with Gasteiger partial charge in [-0.25, -0.2) is 0 Å². The van der Waals surface area contributed by atoms with Crippen molar-refractivity contribution in [3.8, 4) is 0 Å². The van der Waals surface area contributed by atoms with Crippen molar-refractivity contribution >= 4 is 15.7 Å². The van der Waals surface area contributed by atoms with Crippen LogP contribution >= 0.6 is 0 Å². The predicted molar refractivity (Wildman–Crippen MR) is 65.6 cm³/mol. The highest BCUT2D eigenvalue weighted by atomic mass is 32.2. The molecule has 4 nitrogen and oxygen atoms in total. The Morgan fingerprint density at radius 1 is 1.35 bits per heavy atom. The molecule has 1 aliphatic heterocycles. The van der Waals surface area contributed by atoms with Gasteiger partial charge in [0.25, 0.3) is 10.0 Å². The normalized spacial score (nSPS) is 20.5. The van der Waals surface area contributed by atoms with Gasteiger partial charge in [0.15, 0.2) is 0 Å². The molecule has 1 aromatic carbocycles. The van der Waals surface area contributed by atoms with Gasteiger partial charge < -0.3 is 5.11 Å². The van der Waals surface area contributed by atoms with E-state index in [1.54, 1.807) is 31.2 Å². The fourth-order valence-electron chi connectivity index (χ4n) is 2.16. The molecule has 0 amide bonds. The number of hydrogen-bond donors (Lipinski definition) is 1. The number of sulfonamides is 1. The number of fused-ring (bicyclic) bond motifs is 1. The molecule has 0 saturated carbocycles. The van der Waals surface area contributed by atoms with Crippen LogP contribution in [0.25, 0.3) is 0 Å². The Hall–Kier alpha value is -1.20. The average molecular weight is 253 g/mol. The second-order valence-electron chi connectivity index (χ2n) is 4.20. The Morgan fingerprint density at radius 3 is 2.59 bits per heavy atom. The van der Waals surface area contributed by atoms with Crippen molar-refractivity contribution in [2.24, 2.45) is 10.3 Å². The minimum atomic E-state index is -3.57. The van der Waals surface area contributed by atoms with Crippen LogP contribution in [0.5, 0.6) is 0 Å². The second-order valence-corrected chi connectivity index (χ2v) is 5.78. The number of aliphatic hydroxyl groups excluding tert-OH is 1. The summed E-state index contributed by atoms with van der Waals surface area (Å²) in [6.07, 6.45) is 0.0421. The molecule has 0 saturated heterocycles. The number of nitrogens with zero attached hydrogens (tertiary/aromatic N) is 1. The van der Waals surface area contributed by atoms with E-state index in [1.807, 2.05) is 6.92 Å². The molecule has 2 atom stereocenters. The molecule has 1 aromatic rings. The van der Waals surface area contributed by atoms with Gasteiger partial charge >= 0.3 is 0 Å². The molecule has 92 valence electrons. The zero-order valence-electron chi connectivity index (χ0n) is 9.79. The maximum absolute atomic E-state index is 11.8. The molecule has 0 bridgehead atoms. The van der Waals surface area contributed by atoms with E-state index in [0.29, 0.717) is 17.7 Å². The van der Waals surface area contributed by atoms with Crippen LogP contribution in [0.1, 0.15) is 25.8 Å². The van der Waals surface area contributed by atoms with Crippen LogP contribution in [-0.2, 0) is 10.0 Å². The fourth-order valence-corrected chi connectivity index (χ4v) is 3.45. The van der Waals surface area contributed by atoms with Gasteiger partial charge in [-0.3, -0.25) is 0 Å². The standard InChI is InChI=1S/C12H15NO3S/c1-3-9(8(2)14)12-10-6-4-5-7-11(10)17(15,16)13-12/h4-9,14H,3H2,1-2H3. The van der Waals surface area contributed by atoms with Gasteiger partial charge in [0.2, 0.25) is 0 Å². The summed E-state index contributed by atoms with van der Waals surface area (Å²) in [4.78, 5) is 0.245. The van der Waals surface area contributed by atoms with Crippen LogP contribution < -0.4 is 0 Å². The first-order valence-electron chi connectivity index (χ1n) is 5.59. The quantitative estimate of drug-likeness (QED) is 0.889. The lowest BCUT2D eigenvalue weighted by atomic mass is 9.90. The highest BCUT2D eigenvalue weighted by Crippen LogP contribution is 2.31. The van der Waals surface area contributed by atoms with Gasteiger partial charge in [-0.1, -0.05) is 25.1 Å². The topological polar surface area (TPSA) is 66.7 Å². The van der Waals surface area contributed by atoms with Gasteiger partial charge in [0.1, 0.15) is 0 Å². The number of rotatable bonds is 3. The van der Waals surface area contributed by atoms with Crippen molar-refractivity contribution in [1.29, 1.82) is 0 Å². The summed E-state index contributed by atoms with van der Waals surface area (Å²) in [5.41, 5.74) is 1.11. The van der Waals surface area contributed by atoms with E-state index >= 15 is 0 Å². The third-order valence-electron chi connectivity index (χ3n) is 3.03. The van der Waals surface area contributed by atoms with Gasteiger partial charge in [-0.2, -0.15) is 12.8 Å². The van der Waals surface area contributed by atoms with Crippen molar-refractivity contribution < 1.29 is 13.5 Å². The Kier molecular flexibility index (Phi) is 3.05. The summed E-state index contributed by atoms with van der Waals surface area (Å²) in [5, 5.41) is 9.69. The largest absolute Gasteiger partial charge is 0.393 e. The van der Waals surface area contributed by atoms with Crippen molar-refractivity contribution in [2.75, 3.05) is 0 Å². The molecule has 1 heterocycles. The maximum atomic E-state index is 11.8. The van der Waals surface area contributed by atoms with Crippen molar-refractivity contribution in [3.63, 3.8) is 0 Å². The van der Waals surface area contributed by atoms with Crippen molar-refractivity contribution in [2.45, 2.75) is 31.3 Å². The molecular weight excluding hydrogens is 238 g/mol. The lowest BCUT2D eigenvalue weighted by Crippen LogP contribution is -2.25. The molecule has 5 heteroatoms. The predicted octanol–water partition coefficient (Wildman–Crippen LogP) is 1.58. The lowest BCUT2D eigenvalue weighted by Gasteiger charge is -2.17. The monoisotopic (exact) mass is 253 g/mol. The van der Waals surface area contributed by atoms with E-state index in [-0.39, 0.29) is 10.8 Å². The first-order valence-corrected chi connectivity index (χ1v) is 7.03. The lowest BCUT2D eigenvalue weighted by molar-refractivity contribution is 0.156. The minimum absolute atomic E-state index is 0.242. The SMILES string of the molecule is CCC(C1=NS(=O)(=O)c2ccccc21)C(C)O. The number of aliphatic hydroxyl groups is 1. The minimum Gasteiger partial charge on any atom is -0.393 e. The van der Waals surface area contributed by atoms with Crippen LogP contribution in [0.15, 0.2) is 33.6 Å². The molecule has 0 spiro atoms. The Labute approximate surface area is 101 Å². The summed E-state index contributed by atoms with van der Waals surface area (Å²) < 4.78 is 27.5. The first-order chi connectivity index (χ1) is 7.97. The molecule has 1 aliphatic rings. The summed E-state index contributed by atoms with van der Waals surface area (Å²) >= 11 is 0. The van der Waals surface area contributed by atoms with E-state index in [0.717, 1.165) is 0 Å². The summed E-state index contributed by atoms with van der Waals surface area (Å²) in [6, 6.07) is 6.75. The summed E-state index contributed by atoms with van der Waals surface area (Å²) in [5.74, 6) is -0.242. The first kappa shape index (κ1) is 12.3. The average Bonchev–Trinajstić information content (AvgIpc) is 2.53. The molecule has 1 N–H and O–H groups in total. The number of benzene rings is 1.